The number of hydrogen-bond donors (Lipinski definition) is 1. The molecule has 1 aliphatic rings. The number of halogens is 1. The van der Waals surface area contributed by atoms with Crippen LogP contribution < -0.4 is 4.72 Å². The molecule has 0 spiro atoms. The summed E-state index contributed by atoms with van der Waals surface area (Å²) in [5.41, 5.74) is 0.823. The van der Waals surface area contributed by atoms with E-state index in [1.165, 1.54) is 0 Å². The average molecular weight is 289 g/mol. The molecular formula is C12H17ClN2O2S. The summed E-state index contributed by atoms with van der Waals surface area (Å²) in [6.45, 7) is 2.27. The van der Waals surface area contributed by atoms with E-state index in [-0.39, 0.29) is 17.7 Å². The molecule has 0 aromatic carbocycles. The first-order valence-corrected chi connectivity index (χ1v) is 8.00. The van der Waals surface area contributed by atoms with E-state index in [1.54, 1.807) is 18.3 Å². The van der Waals surface area contributed by atoms with Crippen molar-refractivity contribution in [3.8, 4) is 0 Å². The minimum absolute atomic E-state index is 0.239. The number of aromatic nitrogens is 1. The zero-order valence-electron chi connectivity index (χ0n) is 10.3. The van der Waals surface area contributed by atoms with Gasteiger partial charge in [-0.2, -0.15) is 0 Å². The molecule has 0 saturated heterocycles. The van der Waals surface area contributed by atoms with Crippen LogP contribution in [0.25, 0.3) is 0 Å². The van der Waals surface area contributed by atoms with Gasteiger partial charge in [0.2, 0.25) is 10.0 Å². The van der Waals surface area contributed by atoms with Crippen LogP contribution in [0.1, 0.15) is 31.7 Å². The van der Waals surface area contributed by atoms with Crippen molar-refractivity contribution in [1.82, 2.24) is 9.71 Å². The summed E-state index contributed by atoms with van der Waals surface area (Å²) in [7, 11) is -3.23. The third-order valence-corrected chi connectivity index (χ3v) is 5.70. The number of rotatable bonds is 4. The Balaban J connectivity index is 2.01. The van der Waals surface area contributed by atoms with Gasteiger partial charge in [-0.3, -0.25) is 0 Å². The van der Waals surface area contributed by atoms with Crippen molar-refractivity contribution in [1.29, 1.82) is 0 Å². The van der Waals surface area contributed by atoms with Gasteiger partial charge in [-0.05, 0) is 36.5 Å². The molecule has 1 aromatic rings. The summed E-state index contributed by atoms with van der Waals surface area (Å²) in [5.74, 6) is 0.239. The van der Waals surface area contributed by atoms with Gasteiger partial charge in [0.05, 0.1) is 5.25 Å². The second kappa shape index (κ2) is 5.55. The fourth-order valence-electron chi connectivity index (χ4n) is 2.42. The lowest BCUT2D eigenvalue weighted by molar-refractivity contribution is 0.532. The molecule has 2 unspecified atom stereocenters. The van der Waals surface area contributed by atoms with Crippen molar-refractivity contribution in [3.05, 3.63) is 29.0 Å². The van der Waals surface area contributed by atoms with Gasteiger partial charge in [-0.25, -0.2) is 18.1 Å². The molecule has 1 N–H and O–H groups in total. The molecule has 0 amide bonds. The highest BCUT2D eigenvalue weighted by Gasteiger charge is 2.34. The Kier molecular flexibility index (Phi) is 4.25. The summed E-state index contributed by atoms with van der Waals surface area (Å²) < 4.78 is 26.9. The van der Waals surface area contributed by atoms with Crippen LogP contribution in [0.4, 0.5) is 0 Å². The van der Waals surface area contributed by atoms with Crippen molar-refractivity contribution in [2.24, 2.45) is 5.92 Å². The molecule has 2 rings (SSSR count). The van der Waals surface area contributed by atoms with Crippen LogP contribution in [0.15, 0.2) is 18.3 Å². The fourth-order valence-corrected chi connectivity index (χ4v) is 4.42. The van der Waals surface area contributed by atoms with Crippen LogP contribution in [0.2, 0.25) is 5.15 Å². The first-order chi connectivity index (χ1) is 8.49. The van der Waals surface area contributed by atoms with Crippen LogP contribution in [0, 0.1) is 5.92 Å². The Morgan fingerprint density at radius 3 is 2.89 bits per heavy atom. The molecule has 18 heavy (non-hydrogen) atoms. The van der Waals surface area contributed by atoms with E-state index < -0.39 is 10.0 Å². The van der Waals surface area contributed by atoms with Crippen molar-refractivity contribution in [2.45, 2.75) is 38.0 Å². The molecule has 1 aromatic heterocycles. The lowest BCUT2D eigenvalue weighted by atomic mass is 10.1. The van der Waals surface area contributed by atoms with Crippen LogP contribution >= 0.6 is 11.6 Å². The van der Waals surface area contributed by atoms with Gasteiger partial charge in [0, 0.05) is 12.7 Å². The quantitative estimate of drug-likeness (QED) is 0.865. The minimum atomic E-state index is -3.23. The maximum absolute atomic E-state index is 12.1. The van der Waals surface area contributed by atoms with Gasteiger partial charge < -0.3 is 0 Å². The Morgan fingerprint density at radius 2 is 2.28 bits per heavy atom. The fraction of sp³-hybridized carbons (Fsp3) is 0.583. The SMILES string of the molecule is CC1CCCC1S(=O)(=O)NCc1ccnc(Cl)c1. The van der Waals surface area contributed by atoms with Gasteiger partial charge in [-0.1, -0.05) is 24.9 Å². The Labute approximate surface area is 113 Å². The molecule has 100 valence electrons. The smallest absolute Gasteiger partial charge is 0.215 e. The summed E-state index contributed by atoms with van der Waals surface area (Å²) in [5, 5.41) is 0.121. The van der Waals surface area contributed by atoms with Gasteiger partial charge in [0.1, 0.15) is 5.15 Å². The second-order valence-electron chi connectivity index (χ2n) is 4.80. The number of sulfonamides is 1. The predicted octanol–water partition coefficient (Wildman–Crippen LogP) is 2.34. The van der Waals surface area contributed by atoms with E-state index in [2.05, 4.69) is 9.71 Å². The molecule has 1 fully saturated rings. The summed E-state index contributed by atoms with van der Waals surface area (Å²) in [6, 6.07) is 3.43. The van der Waals surface area contributed by atoms with E-state index in [9.17, 15) is 8.42 Å². The highest BCUT2D eigenvalue weighted by molar-refractivity contribution is 7.90. The molecular weight excluding hydrogens is 272 g/mol. The normalized spacial score (nSPS) is 24.3. The molecule has 0 radical (unpaired) electrons. The van der Waals surface area contributed by atoms with Crippen molar-refractivity contribution >= 4 is 21.6 Å². The molecule has 2 atom stereocenters. The highest BCUT2D eigenvalue weighted by Crippen LogP contribution is 2.30. The molecule has 4 nitrogen and oxygen atoms in total. The monoisotopic (exact) mass is 288 g/mol. The largest absolute Gasteiger partial charge is 0.245 e. The summed E-state index contributed by atoms with van der Waals surface area (Å²) in [4.78, 5) is 3.86. The zero-order valence-corrected chi connectivity index (χ0v) is 11.8. The Hall–Kier alpha value is -0.650. The third-order valence-electron chi connectivity index (χ3n) is 3.45. The maximum Gasteiger partial charge on any atom is 0.215 e. The predicted molar refractivity (Wildman–Crippen MR) is 71.8 cm³/mol. The average Bonchev–Trinajstić information content (AvgIpc) is 2.74. The van der Waals surface area contributed by atoms with Crippen LogP contribution in [0.5, 0.6) is 0 Å². The molecule has 1 aliphatic carbocycles. The second-order valence-corrected chi connectivity index (χ2v) is 7.17. The van der Waals surface area contributed by atoms with Crippen molar-refractivity contribution in [3.63, 3.8) is 0 Å². The molecule has 0 bridgehead atoms. The topological polar surface area (TPSA) is 59.1 Å². The molecule has 0 aliphatic heterocycles. The van der Waals surface area contributed by atoms with Gasteiger partial charge in [0.15, 0.2) is 0 Å². The lowest BCUT2D eigenvalue weighted by Gasteiger charge is -2.16. The first-order valence-electron chi connectivity index (χ1n) is 6.08. The Morgan fingerprint density at radius 1 is 1.50 bits per heavy atom. The minimum Gasteiger partial charge on any atom is -0.245 e. The van der Waals surface area contributed by atoms with Crippen molar-refractivity contribution in [2.75, 3.05) is 0 Å². The summed E-state index contributed by atoms with van der Waals surface area (Å²) >= 11 is 5.76. The number of hydrogen-bond acceptors (Lipinski definition) is 3. The van der Waals surface area contributed by atoms with Gasteiger partial charge >= 0.3 is 0 Å². The van der Waals surface area contributed by atoms with Gasteiger partial charge in [0.25, 0.3) is 0 Å². The van der Waals surface area contributed by atoms with E-state index in [0.717, 1.165) is 24.8 Å². The van der Waals surface area contributed by atoms with E-state index in [1.807, 2.05) is 6.92 Å². The van der Waals surface area contributed by atoms with Crippen LogP contribution in [0.3, 0.4) is 0 Å². The standard InChI is InChI=1S/C12H17ClN2O2S/c1-9-3-2-4-11(9)18(16,17)15-8-10-5-6-14-12(13)7-10/h5-7,9,11,15H,2-4,8H2,1H3. The Bertz CT molecular complexity index is 519. The zero-order chi connectivity index (χ0) is 13.2. The third kappa shape index (κ3) is 3.22. The number of nitrogens with one attached hydrogen (secondary N) is 1. The van der Waals surface area contributed by atoms with E-state index in [4.69, 9.17) is 11.6 Å². The van der Waals surface area contributed by atoms with Crippen LogP contribution in [-0.2, 0) is 16.6 Å². The lowest BCUT2D eigenvalue weighted by Crippen LogP contribution is -2.35. The molecule has 1 saturated carbocycles. The van der Waals surface area contributed by atoms with E-state index in [0.29, 0.717) is 5.15 Å². The number of nitrogens with zero attached hydrogens (tertiary/aromatic N) is 1. The first kappa shape index (κ1) is 13.8. The molecule has 1 heterocycles. The van der Waals surface area contributed by atoms with E-state index >= 15 is 0 Å². The van der Waals surface area contributed by atoms with Crippen molar-refractivity contribution < 1.29 is 8.42 Å². The number of pyridine rings is 1. The highest BCUT2D eigenvalue weighted by atomic mass is 35.5. The van der Waals surface area contributed by atoms with Gasteiger partial charge in [-0.15, -0.1) is 0 Å². The molecule has 6 heteroatoms. The van der Waals surface area contributed by atoms with Crippen LogP contribution in [-0.4, -0.2) is 18.7 Å². The summed E-state index contributed by atoms with van der Waals surface area (Å²) in [6.07, 6.45) is 4.32. The maximum atomic E-state index is 12.1.